The number of fused-ring (bicyclic) bond motifs is 1. The fourth-order valence-corrected chi connectivity index (χ4v) is 6.02. The zero-order valence-electron chi connectivity index (χ0n) is 16.6. The third-order valence-corrected chi connectivity index (χ3v) is 7.92. The maximum Gasteiger partial charge on any atom is 0.490 e. The molecule has 1 fully saturated rings. The highest BCUT2D eigenvalue weighted by Gasteiger charge is 2.44. The Morgan fingerprint density at radius 1 is 1.21 bits per heavy atom. The lowest BCUT2D eigenvalue weighted by Crippen LogP contribution is -2.30. The number of aromatic nitrogens is 3. The molecule has 0 radical (unpaired) electrons. The maximum atomic E-state index is 12.0. The van der Waals surface area contributed by atoms with Crippen molar-refractivity contribution in [1.82, 2.24) is 14.5 Å². The van der Waals surface area contributed by atoms with E-state index in [2.05, 4.69) is 23.1 Å². The first-order valence-electron chi connectivity index (χ1n) is 8.84. The van der Waals surface area contributed by atoms with E-state index in [0.29, 0.717) is 16.9 Å². The van der Waals surface area contributed by atoms with Crippen LogP contribution in [0.2, 0.25) is 0 Å². The van der Waals surface area contributed by atoms with Crippen LogP contribution in [0.5, 0.6) is 0 Å². The predicted octanol–water partition coefficient (Wildman–Crippen LogP) is 0.576. The summed E-state index contributed by atoms with van der Waals surface area (Å²) in [4.78, 5) is 55.8. The van der Waals surface area contributed by atoms with E-state index in [1.807, 2.05) is 0 Å². The van der Waals surface area contributed by atoms with Crippen LogP contribution < -0.4 is 5.73 Å². The van der Waals surface area contributed by atoms with E-state index in [0.717, 1.165) is 6.92 Å². The summed E-state index contributed by atoms with van der Waals surface area (Å²) in [5.41, 5.74) is 6.96. The Hall–Kier alpha value is -1.74. The molecule has 1 aliphatic heterocycles. The van der Waals surface area contributed by atoms with Gasteiger partial charge in [0, 0.05) is 19.5 Å². The van der Waals surface area contributed by atoms with Gasteiger partial charge in [-0.1, -0.05) is 0 Å². The largest absolute Gasteiger partial charge is 0.490 e. The van der Waals surface area contributed by atoms with E-state index in [1.54, 1.807) is 6.07 Å². The standard InChI is InChI=1S/C13H19N4O13P3/c1-7(18)27-9-4-11(17-6-16-12-8(14)2-3-15-13(12)17)28-10(9)5-26-32(22,23)30-33(24,25)29-31(19,20)21/h2-3,6,9-11H,4-5H2,1H3,(H2,14,15)(H,22,23)(H,24,25)(H2,19,20,21). The molecule has 0 spiro atoms. The number of hydrogen-bond acceptors (Lipinski definition) is 12. The smallest absolute Gasteiger partial charge is 0.460 e. The van der Waals surface area contributed by atoms with E-state index < -0.39 is 54.5 Å². The summed E-state index contributed by atoms with van der Waals surface area (Å²) in [6, 6.07) is 1.54. The molecule has 5 unspecified atom stereocenters. The van der Waals surface area contributed by atoms with E-state index >= 15 is 0 Å². The van der Waals surface area contributed by atoms with Crippen LogP contribution >= 0.6 is 23.5 Å². The van der Waals surface area contributed by atoms with Crippen molar-refractivity contribution in [3.63, 3.8) is 0 Å². The second-order valence-corrected chi connectivity index (χ2v) is 11.0. The molecule has 5 atom stereocenters. The number of rotatable bonds is 9. The van der Waals surface area contributed by atoms with Crippen LogP contribution in [-0.2, 0) is 41.1 Å². The molecule has 0 aliphatic carbocycles. The Kier molecular flexibility index (Phi) is 7.44. The average Bonchev–Trinajstić information content (AvgIpc) is 3.21. The summed E-state index contributed by atoms with van der Waals surface area (Å²) in [5.74, 6) is -0.689. The van der Waals surface area contributed by atoms with Gasteiger partial charge in [0.15, 0.2) is 5.65 Å². The molecule has 6 N–H and O–H groups in total. The number of nitrogens with zero attached hydrogens (tertiary/aromatic N) is 3. The monoisotopic (exact) mass is 532 g/mol. The lowest BCUT2D eigenvalue weighted by Gasteiger charge is -2.20. The Morgan fingerprint density at radius 2 is 1.91 bits per heavy atom. The molecule has 184 valence electrons. The summed E-state index contributed by atoms with van der Waals surface area (Å²) in [7, 11) is -16.6. The summed E-state index contributed by atoms with van der Waals surface area (Å²) in [6.07, 6.45) is -0.0924. The van der Waals surface area contributed by atoms with Gasteiger partial charge in [-0.25, -0.2) is 23.7 Å². The molecule has 17 nitrogen and oxygen atoms in total. The fraction of sp³-hybridized carbons (Fsp3) is 0.462. The van der Waals surface area contributed by atoms with Gasteiger partial charge >= 0.3 is 29.4 Å². The quantitative estimate of drug-likeness (QED) is 0.219. The highest BCUT2D eigenvalue weighted by atomic mass is 31.3. The molecule has 33 heavy (non-hydrogen) atoms. The van der Waals surface area contributed by atoms with Gasteiger partial charge in [0.05, 0.1) is 18.6 Å². The first kappa shape index (κ1) is 25.9. The van der Waals surface area contributed by atoms with Crippen molar-refractivity contribution in [2.24, 2.45) is 0 Å². The number of pyridine rings is 1. The minimum Gasteiger partial charge on any atom is -0.460 e. The van der Waals surface area contributed by atoms with Crippen molar-refractivity contribution in [1.29, 1.82) is 0 Å². The number of nitrogens with two attached hydrogens (primary N) is 1. The SMILES string of the molecule is CC(=O)OC1CC(n2cnc3c(N)ccnc32)OC1COP(=O)(O)OP(=O)(O)OP(=O)(O)O. The number of carbonyl (C=O) groups is 1. The molecule has 3 heterocycles. The molecule has 20 heteroatoms. The Bertz CT molecular complexity index is 1180. The number of anilines is 1. The van der Waals surface area contributed by atoms with Crippen LogP contribution in [0.25, 0.3) is 11.2 Å². The molecule has 2 aromatic rings. The zero-order valence-corrected chi connectivity index (χ0v) is 19.3. The minimum absolute atomic E-state index is 0.0476. The van der Waals surface area contributed by atoms with Gasteiger partial charge in [-0.05, 0) is 6.07 Å². The van der Waals surface area contributed by atoms with Crippen molar-refractivity contribution in [2.45, 2.75) is 31.8 Å². The normalized spacial score (nSPS) is 24.9. The van der Waals surface area contributed by atoms with Crippen molar-refractivity contribution >= 4 is 46.3 Å². The van der Waals surface area contributed by atoms with Gasteiger partial charge in [-0.2, -0.15) is 8.62 Å². The molecule has 2 aromatic heterocycles. The Morgan fingerprint density at radius 3 is 2.55 bits per heavy atom. The van der Waals surface area contributed by atoms with Gasteiger partial charge in [0.2, 0.25) is 0 Å². The van der Waals surface area contributed by atoms with Crippen molar-refractivity contribution in [2.75, 3.05) is 12.3 Å². The summed E-state index contributed by atoms with van der Waals surface area (Å²) < 4.78 is 58.4. The van der Waals surface area contributed by atoms with E-state index in [1.165, 1.54) is 17.1 Å². The number of carbonyl (C=O) groups excluding carboxylic acids is 1. The van der Waals surface area contributed by atoms with Crippen LogP contribution in [0.4, 0.5) is 5.69 Å². The number of esters is 1. The van der Waals surface area contributed by atoms with Crippen LogP contribution in [0.3, 0.4) is 0 Å². The van der Waals surface area contributed by atoms with Gasteiger partial charge in [-0.15, -0.1) is 0 Å². The maximum absolute atomic E-state index is 12.0. The summed E-state index contributed by atoms with van der Waals surface area (Å²) in [5, 5.41) is 0. The molecule has 0 amide bonds. The van der Waals surface area contributed by atoms with Gasteiger partial charge < -0.3 is 34.8 Å². The number of imidazole rings is 1. The van der Waals surface area contributed by atoms with Gasteiger partial charge in [0.25, 0.3) is 0 Å². The molecule has 0 aromatic carbocycles. The minimum atomic E-state index is -5.68. The number of phosphoric ester groups is 1. The predicted molar refractivity (Wildman–Crippen MR) is 106 cm³/mol. The second kappa shape index (κ2) is 9.49. The number of phosphoric acid groups is 3. The molecule has 0 saturated carbocycles. The number of hydrogen-bond donors (Lipinski definition) is 5. The first-order valence-corrected chi connectivity index (χ1v) is 13.4. The van der Waals surface area contributed by atoms with E-state index in [9.17, 15) is 28.3 Å². The summed E-state index contributed by atoms with van der Waals surface area (Å²) >= 11 is 0. The van der Waals surface area contributed by atoms with Crippen molar-refractivity contribution in [3.8, 4) is 0 Å². The second-order valence-electron chi connectivity index (χ2n) is 6.62. The van der Waals surface area contributed by atoms with Gasteiger partial charge in [0.1, 0.15) is 24.0 Å². The fourth-order valence-electron chi connectivity index (χ4n) is 2.99. The molecular formula is C13H19N4O13P3. The van der Waals surface area contributed by atoms with Crippen LogP contribution in [0.1, 0.15) is 19.6 Å². The van der Waals surface area contributed by atoms with E-state index in [4.69, 9.17) is 25.0 Å². The number of ether oxygens (including phenoxy) is 2. The van der Waals surface area contributed by atoms with Crippen molar-refractivity contribution in [3.05, 3.63) is 18.6 Å². The zero-order chi connectivity index (χ0) is 24.6. The average molecular weight is 532 g/mol. The first-order chi connectivity index (χ1) is 15.2. The lowest BCUT2D eigenvalue weighted by molar-refractivity contribution is -0.150. The number of nitrogen functional groups attached to an aromatic ring is 1. The van der Waals surface area contributed by atoms with Crippen LogP contribution in [0, 0.1) is 0 Å². The van der Waals surface area contributed by atoms with Crippen molar-refractivity contribution < 1.29 is 60.7 Å². The Labute approximate surface area is 184 Å². The molecule has 0 bridgehead atoms. The summed E-state index contributed by atoms with van der Waals surface area (Å²) in [6.45, 7) is 0.335. The third kappa shape index (κ3) is 6.88. The third-order valence-electron chi connectivity index (χ3n) is 4.12. The highest BCUT2D eigenvalue weighted by Crippen LogP contribution is 2.66. The lowest BCUT2D eigenvalue weighted by atomic mass is 10.2. The van der Waals surface area contributed by atoms with E-state index in [-0.39, 0.29) is 6.42 Å². The van der Waals surface area contributed by atoms with Crippen LogP contribution in [-0.4, -0.2) is 58.9 Å². The Balaban J connectivity index is 1.73. The molecule has 3 rings (SSSR count). The molecular weight excluding hydrogens is 513 g/mol. The molecule has 1 saturated heterocycles. The highest BCUT2D eigenvalue weighted by molar-refractivity contribution is 7.66. The van der Waals surface area contributed by atoms with Gasteiger partial charge in [-0.3, -0.25) is 13.9 Å². The molecule has 1 aliphatic rings. The van der Waals surface area contributed by atoms with Crippen LogP contribution in [0.15, 0.2) is 18.6 Å². The topological polar surface area (TPSA) is 252 Å².